The summed E-state index contributed by atoms with van der Waals surface area (Å²) in [7, 11) is 1.44. The number of nitrogens with zero attached hydrogens (tertiary/aromatic N) is 2. The number of anilines is 2. The molecule has 1 heterocycles. The number of carboxylic acids is 1. The number of hydrogen-bond donors (Lipinski definition) is 3. The molecule has 0 bridgehead atoms. The summed E-state index contributed by atoms with van der Waals surface area (Å²) in [5, 5.41) is 9.92. The number of fused-ring (bicyclic) bond motifs is 1. The van der Waals surface area contributed by atoms with E-state index in [1.54, 1.807) is 30.3 Å². The van der Waals surface area contributed by atoms with Gasteiger partial charge in [-0.2, -0.15) is 4.98 Å². The molecule has 0 atom stereocenters. The summed E-state index contributed by atoms with van der Waals surface area (Å²) < 4.78 is 5.29. The summed E-state index contributed by atoms with van der Waals surface area (Å²) in [5.74, 6) is -0.398. The number of carboxylic acid groups (broad SMARTS) is 1. The zero-order chi connectivity index (χ0) is 16.6. The van der Waals surface area contributed by atoms with Crippen LogP contribution in [0, 0.1) is 0 Å². The van der Waals surface area contributed by atoms with Crippen molar-refractivity contribution in [2.24, 2.45) is 0 Å². The van der Waals surface area contributed by atoms with E-state index < -0.39 is 5.97 Å². The van der Waals surface area contributed by atoms with E-state index in [4.69, 9.17) is 16.2 Å². The molecule has 0 aliphatic heterocycles. The molecule has 1 aromatic heterocycles. The number of carbonyl (C=O) groups is 1. The number of aromatic nitrogens is 2. The third-order valence-corrected chi connectivity index (χ3v) is 3.50. The van der Waals surface area contributed by atoms with Gasteiger partial charge in [0.15, 0.2) is 0 Å². The van der Waals surface area contributed by atoms with Crippen LogP contribution in [-0.4, -0.2) is 28.2 Å². The SMILES string of the molecule is COc1c(C(=O)O)cccc1-c1ccc2nc(N)nc(N)c2c1. The predicted molar refractivity (Wildman–Crippen MR) is 87.3 cm³/mol. The number of ether oxygens (including phenoxy) is 1. The molecule has 0 saturated carbocycles. The molecule has 23 heavy (non-hydrogen) atoms. The van der Waals surface area contributed by atoms with Gasteiger partial charge in [0.25, 0.3) is 0 Å². The monoisotopic (exact) mass is 310 g/mol. The second-order valence-electron chi connectivity index (χ2n) is 4.89. The van der Waals surface area contributed by atoms with Crippen LogP contribution in [-0.2, 0) is 0 Å². The Balaban J connectivity index is 2.25. The second kappa shape index (κ2) is 5.45. The third-order valence-electron chi connectivity index (χ3n) is 3.50. The second-order valence-corrected chi connectivity index (χ2v) is 4.89. The molecule has 7 nitrogen and oxygen atoms in total. The predicted octanol–water partition coefficient (Wildman–Crippen LogP) is 2.17. The average Bonchev–Trinajstić information content (AvgIpc) is 2.53. The lowest BCUT2D eigenvalue weighted by Crippen LogP contribution is -2.02. The summed E-state index contributed by atoms with van der Waals surface area (Å²) >= 11 is 0. The summed E-state index contributed by atoms with van der Waals surface area (Å²) in [6.07, 6.45) is 0. The van der Waals surface area contributed by atoms with Gasteiger partial charge in [-0.1, -0.05) is 18.2 Å². The lowest BCUT2D eigenvalue weighted by Gasteiger charge is -2.12. The highest BCUT2D eigenvalue weighted by molar-refractivity contribution is 5.97. The van der Waals surface area contributed by atoms with Crippen LogP contribution in [0.15, 0.2) is 36.4 Å². The zero-order valence-corrected chi connectivity index (χ0v) is 12.3. The van der Waals surface area contributed by atoms with Gasteiger partial charge < -0.3 is 21.3 Å². The molecule has 5 N–H and O–H groups in total. The van der Waals surface area contributed by atoms with Crippen molar-refractivity contribution < 1.29 is 14.6 Å². The molecule has 0 radical (unpaired) electrons. The normalized spacial score (nSPS) is 10.7. The van der Waals surface area contributed by atoms with Crippen LogP contribution in [0.4, 0.5) is 11.8 Å². The van der Waals surface area contributed by atoms with Gasteiger partial charge in [-0.15, -0.1) is 0 Å². The first-order chi connectivity index (χ1) is 11.0. The Morgan fingerprint density at radius 1 is 1.17 bits per heavy atom. The largest absolute Gasteiger partial charge is 0.495 e. The first-order valence-corrected chi connectivity index (χ1v) is 6.74. The van der Waals surface area contributed by atoms with Crippen molar-refractivity contribution in [2.75, 3.05) is 18.6 Å². The molecule has 0 fully saturated rings. The Hall–Kier alpha value is -3.35. The molecule has 0 unspecified atom stereocenters. The summed E-state index contributed by atoms with van der Waals surface area (Å²) in [6, 6.07) is 10.3. The van der Waals surface area contributed by atoms with Gasteiger partial charge in [-0.25, -0.2) is 9.78 Å². The highest BCUT2D eigenvalue weighted by atomic mass is 16.5. The molecule has 3 aromatic rings. The van der Waals surface area contributed by atoms with E-state index in [9.17, 15) is 9.90 Å². The molecule has 3 rings (SSSR count). The Morgan fingerprint density at radius 3 is 2.65 bits per heavy atom. The molecule has 0 saturated heterocycles. The number of nitrogen functional groups attached to an aromatic ring is 2. The summed E-state index contributed by atoms with van der Waals surface area (Å²) in [4.78, 5) is 19.4. The van der Waals surface area contributed by atoms with E-state index in [1.807, 2.05) is 0 Å². The molecular formula is C16H14N4O3. The van der Waals surface area contributed by atoms with Crippen LogP contribution in [0.3, 0.4) is 0 Å². The van der Waals surface area contributed by atoms with Crippen LogP contribution in [0.25, 0.3) is 22.0 Å². The standard InChI is InChI=1S/C16H14N4O3/c1-23-13-9(3-2-4-10(13)15(21)22)8-5-6-12-11(7-8)14(17)20-16(18)19-12/h2-7H,1H3,(H,21,22)(H4,17,18,19,20). The Morgan fingerprint density at radius 2 is 1.96 bits per heavy atom. The smallest absolute Gasteiger partial charge is 0.339 e. The molecule has 2 aromatic carbocycles. The first kappa shape index (κ1) is 14.6. The topological polar surface area (TPSA) is 124 Å². The van der Waals surface area contributed by atoms with E-state index in [2.05, 4.69) is 9.97 Å². The molecule has 0 amide bonds. The number of para-hydroxylation sites is 1. The maximum absolute atomic E-state index is 11.3. The van der Waals surface area contributed by atoms with Crippen molar-refractivity contribution in [3.05, 3.63) is 42.0 Å². The number of aromatic carboxylic acids is 1. The number of nitrogens with two attached hydrogens (primary N) is 2. The highest BCUT2D eigenvalue weighted by Crippen LogP contribution is 2.35. The van der Waals surface area contributed by atoms with Crippen LogP contribution in [0.1, 0.15) is 10.4 Å². The van der Waals surface area contributed by atoms with Crippen LogP contribution in [0.2, 0.25) is 0 Å². The minimum atomic E-state index is -1.06. The van der Waals surface area contributed by atoms with Crippen molar-refractivity contribution >= 4 is 28.6 Å². The van der Waals surface area contributed by atoms with Gasteiger partial charge in [0.1, 0.15) is 17.1 Å². The van der Waals surface area contributed by atoms with E-state index in [1.165, 1.54) is 13.2 Å². The fourth-order valence-corrected chi connectivity index (χ4v) is 2.49. The number of benzene rings is 2. The minimum Gasteiger partial charge on any atom is -0.495 e. The summed E-state index contributed by atoms with van der Waals surface area (Å²) in [5.41, 5.74) is 13.6. The van der Waals surface area contributed by atoms with Gasteiger partial charge in [0.2, 0.25) is 5.95 Å². The maximum atomic E-state index is 11.3. The number of methoxy groups -OCH3 is 1. The zero-order valence-electron chi connectivity index (χ0n) is 12.3. The van der Waals surface area contributed by atoms with E-state index >= 15 is 0 Å². The van der Waals surface area contributed by atoms with Gasteiger partial charge in [-0.05, 0) is 23.8 Å². The van der Waals surface area contributed by atoms with E-state index in [0.29, 0.717) is 16.5 Å². The van der Waals surface area contributed by atoms with Crippen LogP contribution < -0.4 is 16.2 Å². The first-order valence-electron chi connectivity index (χ1n) is 6.74. The highest BCUT2D eigenvalue weighted by Gasteiger charge is 2.16. The number of rotatable bonds is 3. The molecule has 116 valence electrons. The van der Waals surface area contributed by atoms with Crippen molar-refractivity contribution in [1.29, 1.82) is 0 Å². The fourth-order valence-electron chi connectivity index (χ4n) is 2.49. The van der Waals surface area contributed by atoms with Crippen LogP contribution in [0.5, 0.6) is 5.75 Å². The van der Waals surface area contributed by atoms with Gasteiger partial charge in [-0.3, -0.25) is 0 Å². The van der Waals surface area contributed by atoms with Crippen molar-refractivity contribution in [1.82, 2.24) is 9.97 Å². The van der Waals surface area contributed by atoms with Gasteiger partial charge in [0, 0.05) is 10.9 Å². The molecule has 7 heteroatoms. The molecule has 0 aliphatic carbocycles. The van der Waals surface area contributed by atoms with Crippen molar-refractivity contribution in [3.63, 3.8) is 0 Å². The Bertz CT molecular complexity index is 925. The van der Waals surface area contributed by atoms with Gasteiger partial charge >= 0.3 is 5.97 Å². The average molecular weight is 310 g/mol. The lowest BCUT2D eigenvalue weighted by molar-refractivity contribution is 0.0693. The molecule has 0 aliphatic rings. The Labute approximate surface area is 131 Å². The summed E-state index contributed by atoms with van der Waals surface area (Å²) in [6.45, 7) is 0. The lowest BCUT2D eigenvalue weighted by atomic mass is 9.99. The fraction of sp³-hybridized carbons (Fsp3) is 0.0625. The van der Waals surface area contributed by atoms with E-state index in [0.717, 1.165) is 5.56 Å². The quantitative estimate of drug-likeness (QED) is 0.677. The Kier molecular flexibility index (Phi) is 3.46. The van der Waals surface area contributed by atoms with E-state index in [-0.39, 0.29) is 23.1 Å². The molecular weight excluding hydrogens is 296 g/mol. The maximum Gasteiger partial charge on any atom is 0.339 e. The van der Waals surface area contributed by atoms with Crippen molar-refractivity contribution in [3.8, 4) is 16.9 Å². The van der Waals surface area contributed by atoms with Crippen LogP contribution >= 0.6 is 0 Å². The number of hydrogen-bond acceptors (Lipinski definition) is 6. The minimum absolute atomic E-state index is 0.0895. The molecule has 0 spiro atoms. The van der Waals surface area contributed by atoms with Gasteiger partial charge in [0.05, 0.1) is 12.6 Å². The van der Waals surface area contributed by atoms with Crippen molar-refractivity contribution in [2.45, 2.75) is 0 Å². The third kappa shape index (κ3) is 2.48.